The standard InChI is InChI=1S/C17H20N2O5/c1-3-4-9-23-13-8-7-12(11-15(13)22-2)16(20)18-19-17(21)14-6-5-10-24-14/h5-8,10-11H,3-4,9H2,1-2H3,(H,18,20)(H,19,21). The van der Waals surface area contributed by atoms with Crippen molar-refractivity contribution in [2.45, 2.75) is 19.8 Å². The Hall–Kier alpha value is -2.96. The molecule has 24 heavy (non-hydrogen) atoms. The Morgan fingerprint density at radius 1 is 1.12 bits per heavy atom. The first-order valence-electron chi connectivity index (χ1n) is 7.60. The van der Waals surface area contributed by atoms with E-state index < -0.39 is 11.8 Å². The van der Waals surface area contributed by atoms with Crippen LogP contribution in [-0.2, 0) is 0 Å². The summed E-state index contributed by atoms with van der Waals surface area (Å²) in [4.78, 5) is 23.8. The summed E-state index contributed by atoms with van der Waals surface area (Å²) >= 11 is 0. The van der Waals surface area contributed by atoms with Gasteiger partial charge in [-0.3, -0.25) is 20.4 Å². The highest BCUT2D eigenvalue weighted by Gasteiger charge is 2.13. The van der Waals surface area contributed by atoms with Gasteiger partial charge >= 0.3 is 5.91 Å². The summed E-state index contributed by atoms with van der Waals surface area (Å²) in [6.45, 7) is 2.66. The predicted octanol–water partition coefficient (Wildman–Crippen LogP) is 2.54. The molecule has 2 N–H and O–H groups in total. The molecule has 0 bridgehead atoms. The van der Waals surface area contributed by atoms with E-state index in [1.807, 2.05) is 0 Å². The second-order valence-electron chi connectivity index (χ2n) is 4.95. The third-order valence-electron chi connectivity index (χ3n) is 3.22. The van der Waals surface area contributed by atoms with Crippen LogP contribution in [0.4, 0.5) is 0 Å². The zero-order valence-electron chi connectivity index (χ0n) is 13.6. The molecule has 1 heterocycles. The molecule has 0 spiro atoms. The minimum Gasteiger partial charge on any atom is -0.493 e. The number of benzene rings is 1. The third-order valence-corrected chi connectivity index (χ3v) is 3.22. The van der Waals surface area contributed by atoms with Crippen LogP contribution in [0.5, 0.6) is 11.5 Å². The fourth-order valence-electron chi connectivity index (χ4n) is 1.91. The maximum absolute atomic E-state index is 12.1. The van der Waals surface area contributed by atoms with E-state index in [4.69, 9.17) is 13.9 Å². The summed E-state index contributed by atoms with van der Waals surface area (Å²) < 4.78 is 15.8. The molecule has 7 nitrogen and oxygen atoms in total. The number of carbonyl (C=O) groups excluding carboxylic acids is 2. The van der Waals surface area contributed by atoms with Crippen molar-refractivity contribution in [3.05, 3.63) is 47.9 Å². The van der Waals surface area contributed by atoms with E-state index in [0.29, 0.717) is 23.7 Å². The van der Waals surface area contributed by atoms with Crippen molar-refractivity contribution >= 4 is 11.8 Å². The van der Waals surface area contributed by atoms with E-state index in [1.54, 1.807) is 24.3 Å². The summed E-state index contributed by atoms with van der Waals surface area (Å²) in [6, 6.07) is 7.89. The molecule has 7 heteroatoms. The number of methoxy groups -OCH3 is 1. The molecule has 0 atom stereocenters. The molecule has 1 aromatic heterocycles. The number of carbonyl (C=O) groups is 2. The second kappa shape index (κ2) is 8.61. The molecule has 2 rings (SSSR count). The van der Waals surface area contributed by atoms with E-state index in [0.717, 1.165) is 12.8 Å². The molecule has 0 saturated carbocycles. The lowest BCUT2D eigenvalue weighted by Crippen LogP contribution is -2.41. The van der Waals surface area contributed by atoms with E-state index in [1.165, 1.54) is 19.4 Å². The van der Waals surface area contributed by atoms with Gasteiger partial charge in [0.2, 0.25) is 0 Å². The minimum absolute atomic E-state index is 0.104. The summed E-state index contributed by atoms with van der Waals surface area (Å²) in [6.07, 6.45) is 3.33. The number of furan rings is 1. The van der Waals surface area contributed by atoms with Crippen LogP contribution in [0.1, 0.15) is 40.7 Å². The molecule has 0 aliphatic carbocycles. The van der Waals surface area contributed by atoms with Crippen molar-refractivity contribution < 1.29 is 23.5 Å². The third kappa shape index (κ3) is 4.52. The van der Waals surface area contributed by atoms with Crippen molar-refractivity contribution in [2.24, 2.45) is 0 Å². The highest BCUT2D eigenvalue weighted by atomic mass is 16.5. The maximum atomic E-state index is 12.1. The number of rotatable bonds is 7. The van der Waals surface area contributed by atoms with Crippen molar-refractivity contribution in [1.82, 2.24) is 10.9 Å². The Balaban J connectivity index is 1.97. The molecule has 2 aromatic rings. The lowest BCUT2D eigenvalue weighted by molar-refractivity contribution is 0.0830. The van der Waals surface area contributed by atoms with Gasteiger partial charge in [-0.1, -0.05) is 13.3 Å². The van der Waals surface area contributed by atoms with Crippen LogP contribution in [0.2, 0.25) is 0 Å². The van der Waals surface area contributed by atoms with Gasteiger partial charge in [0.25, 0.3) is 5.91 Å². The number of amides is 2. The molecule has 0 aliphatic heterocycles. The SMILES string of the molecule is CCCCOc1ccc(C(=O)NNC(=O)c2ccco2)cc1OC. The monoisotopic (exact) mass is 332 g/mol. The highest BCUT2D eigenvalue weighted by molar-refractivity contribution is 5.98. The molecule has 1 aromatic carbocycles. The second-order valence-corrected chi connectivity index (χ2v) is 4.95. The van der Waals surface area contributed by atoms with Crippen molar-refractivity contribution in [2.75, 3.05) is 13.7 Å². The molecule has 128 valence electrons. The molecule has 0 fully saturated rings. The van der Waals surface area contributed by atoms with Crippen LogP contribution in [-0.4, -0.2) is 25.5 Å². The largest absolute Gasteiger partial charge is 0.493 e. The van der Waals surface area contributed by atoms with Gasteiger partial charge < -0.3 is 13.9 Å². The van der Waals surface area contributed by atoms with Gasteiger partial charge in [-0.05, 0) is 36.8 Å². The lowest BCUT2D eigenvalue weighted by Gasteiger charge is -2.12. The summed E-state index contributed by atoms with van der Waals surface area (Å²) in [5.74, 6) is 0.110. The van der Waals surface area contributed by atoms with Gasteiger partial charge in [0.1, 0.15) is 0 Å². The molecule has 0 radical (unpaired) electrons. The minimum atomic E-state index is -0.542. The van der Waals surface area contributed by atoms with Crippen LogP contribution in [0.25, 0.3) is 0 Å². The van der Waals surface area contributed by atoms with Crippen molar-refractivity contribution in [3.63, 3.8) is 0 Å². The summed E-state index contributed by atoms with van der Waals surface area (Å²) in [5, 5.41) is 0. The van der Waals surface area contributed by atoms with E-state index in [9.17, 15) is 9.59 Å². The molecular weight excluding hydrogens is 312 g/mol. The molecule has 2 amide bonds. The predicted molar refractivity (Wildman–Crippen MR) is 87.0 cm³/mol. The Bertz CT molecular complexity index is 682. The van der Waals surface area contributed by atoms with Gasteiger partial charge in [-0.2, -0.15) is 0 Å². The first kappa shape index (κ1) is 17.4. The first-order chi connectivity index (χ1) is 11.7. The van der Waals surface area contributed by atoms with Crippen LogP contribution in [0.15, 0.2) is 41.0 Å². The van der Waals surface area contributed by atoms with E-state index in [2.05, 4.69) is 17.8 Å². The Morgan fingerprint density at radius 2 is 1.92 bits per heavy atom. The fraction of sp³-hybridized carbons (Fsp3) is 0.294. The number of hydrogen-bond acceptors (Lipinski definition) is 5. The maximum Gasteiger partial charge on any atom is 0.305 e. The normalized spacial score (nSPS) is 10.1. The van der Waals surface area contributed by atoms with Crippen molar-refractivity contribution in [3.8, 4) is 11.5 Å². The highest BCUT2D eigenvalue weighted by Crippen LogP contribution is 2.28. The Labute approximate surface area is 139 Å². The van der Waals surface area contributed by atoms with Crippen molar-refractivity contribution in [1.29, 1.82) is 0 Å². The summed E-state index contributed by atoms with van der Waals surface area (Å²) in [5.41, 5.74) is 4.92. The van der Waals surface area contributed by atoms with Crippen LogP contribution >= 0.6 is 0 Å². The van der Waals surface area contributed by atoms with Crippen LogP contribution in [0, 0.1) is 0 Å². The van der Waals surface area contributed by atoms with Gasteiger partial charge in [0, 0.05) is 5.56 Å². The fourth-order valence-corrected chi connectivity index (χ4v) is 1.91. The zero-order valence-corrected chi connectivity index (χ0v) is 13.6. The zero-order chi connectivity index (χ0) is 17.4. The van der Waals surface area contributed by atoms with Gasteiger partial charge in [-0.15, -0.1) is 0 Å². The number of hydrazine groups is 1. The number of ether oxygens (including phenoxy) is 2. The molecule has 0 unspecified atom stereocenters. The number of nitrogens with one attached hydrogen (secondary N) is 2. The van der Waals surface area contributed by atoms with E-state index >= 15 is 0 Å². The van der Waals surface area contributed by atoms with Gasteiger partial charge in [0.15, 0.2) is 17.3 Å². The van der Waals surface area contributed by atoms with Crippen LogP contribution in [0.3, 0.4) is 0 Å². The quantitative estimate of drug-likeness (QED) is 0.601. The van der Waals surface area contributed by atoms with Gasteiger partial charge in [-0.25, -0.2) is 0 Å². The number of unbranched alkanes of at least 4 members (excludes halogenated alkanes) is 1. The average Bonchev–Trinajstić information content (AvgIpc) is 3.14. The smallest absolute Gasteiger partial charge is 0.305 e. The summed E-state index contributed by atoms with van der Waals surface area (Å²) in [7, 11) is 1.50. The Morgan fingerprint density at radius 3 is 2.58 bits per heavy atom. The first-order valence-corrected chi connectivity index (χ1v) is 7.60. The Kier molecular flexibility index (Phi) is 6.24. The van der Waals surface area contributed by atoms with Crippen LogP contribution < -0.4 is 20.3 Å². The van der Waals surface area contributed by atoms with Gasteiger partial charge in [0.05, 0.1) is 20.0 Å². The number of hydrogen-bond donors (Lipinski definition) is 2. The topological polar surface area (TPSA) is 89.8 Å². The molecule has 0 aliphatic rings. The molecule has 0 saturated heterocycles. The average molecular weight is 332 g/mol. The lowest BCUT2D eigenvalue weighted by atomic mass is 10.2. The molecular formula is C17H20N2O5. The van der Waals surface area contributed by atoms with E-state index in [-0.39, 0.29) is 5.76 Å².